The molecule has 4 rings (SSSR count). The molecule has 8 heteroatoms. The fraction of sp³-hybridized carbons (Fsp3) is 0.417. The van der Waals surface area contributed by atoms with Gasteiger partial charge in [-0.2, -0.15) is 4.72 Å². The third-order valence-electron chi connectivity index (χ3n) is 6.52. The maximum atomic E-state index is 13.3. The molecular weight excluding hydrogens is 426 g/mol. The van der Waals surface area contributed by atoms with Gasteiger partial charge in [0.15, 0.2) is 0 Å². The first-order valence-electron chi connectivity index (χ1n) is 10.9. The Morgan fingerprint density at radius 1 is 1.09 bits per heavy atom. The van der Waals surface area contributed by atoms with Gasteiger partial charge in [-0.1, -0.05) is 43.2 Å². The number of anilines is 1. The zero-order chi connectivity index (χ0) is 23.1. The third kappa shape index (κ3) is 4.04. The highest BCUT2D eigenvalue weighted by molar-refractivity contribution is 7.89. The first-order valence-corrected chi connectivity index (χ1v) is 12.4. The van der Waals surface area contributed by atoms with E-state index in [0.29, 0.717) is 16.8 Å². The number of nitrogens with one attached hydrogen (secondary N) is 2. The van der Waals surface area contributed by atoms with Crippen molar-refractivity contribution in [2.75, 3.05) is 11.9 Å². The fourth-order valence-corrected chi connectivity index (χ4v) is 5.83. The van der Waals surface area contributed by atoms with Crippen molar-refractivity contribution in [2.24, 2.45) is 0 Å². The second kappa shape index (κ2) is 8.33. The van der Waals surface area contributed by atoms with E-state index in [1.165, 1.54) is 12.1 Å². The second-order valence-electron chi connectivity index (χ2n) is 9.12. The first kappa shape index (κ1) is 22.5. The summed E-state index contributed by atoms with van der Waals surface area (Å²) < 4.78 is 29.3. The van der Waals surface area contributed by atoms with Crippen LogP contribution in [0.3, 0.4) is 0 Å². The molecule has 1 saturated carbocycles. The van der Waals surface area contributed by atoms with Crippen molar-refractivity contribution >= 4 is 27.5 Å². The molecule has 2 aromatic carbocycles. The van der Waals surface area contributed by atoms with Gasteiger partial charge in [-0.15, -0.1) is 0 Å². The number of carbonyl (C=O) groups is 2. The molecule has 0 radical (unpaired) electrons. The van der Waals surface area contributed by atoms with Crippen LogP contribution in [0.5, 0.6) is 0 Å². The fourth-order valence-electron chi connectivity index (χ4n) is 4.62. The molecule has 1 unspecified atom stereocenters. The Hall–Kier alpha value is -2.71. The lowest BCUT2D eigenvalue weighted by atomic mass is 9.86. The van der Waals surface area contributed by atoms with Crippen LogP contribution in [0.1, 0.15) is 56.7 Å². The molecule has 0 saturated heterocycles. The van der Waals surface area contributed by atoms with Crippen LogP contribution < -0.4 is 14.9 Å². The second-order valence-corrected chi connectivity index (χ2v) is 10.8. The van der Waals surface area contributed by atoms with Gasteiger partial charge in [0.05, 0.1) is 10.3 Å². The monoisotopic (exact) mass is 455 g/mol. The van der Waals surface area contributed by atoms with Crippen LogP contribution in [-0.4, -0.2) is 33.3 Å². The van der Waals surface area contributed by atoms with Crippen LogP contribution >= 0.6 is 0 Å². The van der Waals surface area contributed by atoms with Gasteiger partial charge in [0.2, 0.25) is 21.8 Å². The molecule has 1 aliphatic heterocycles. The molecule has 170 valence electrons. The highest BCUT2D eigenvalue weighted by Crippen LogP contribution is 2.41. The minimum absolute atomic E-state index is 0.0297. The SMILES string of the molecule is CN1C(=O)C(C)(C)c2cc(S(=O)(=O)NC(C(=O)NC3CCCC3)c3ccccc3)ccc21. The molecule has 1 aliphatic carbocycles. The zero-order valence-electron chi connectivity index (χ0n) is 18.6. The van der Waals surface area contributed by atoms with Gasteiger partial charge in [0.1, 0.15) is 6.04 Å². The lowest BCUT2D eigenvalue weighted by Crippen LogP contribution is -2.43. The Labute approximate surface area is 189 Å². The topological polar surface area (TPSA) is 95.6 Å². The lowest BCUT2D eigenvalue weighted by molar-refractivity contribution is -0.123. The number of hydrogen-bond donors (Lipinski definition) is 2. The van der Waals surface area contributed by atoms with Crippen LogP contribution in [0.25, 0.3) is 0 Å². The molecule has 1 fully saturated rings. The van der Waals surface area contributed by atoms with Crippen molar-refractivity contribution in [2.45, 2.75) is 61.9 Å². The maximum absolute atomic E-state index is 13.3. The van der Waals surface area contributed by atoms with Crippen molar-refractivity contribution in [3.05, 3.63) is 59.7 Å². The van der Waals surface area contributed by atoms with E-state index in [4.69, 9.17) is 0 Å². The van der Waals surface area contributed by atoms with Crippen LogP contribution in [0.15, 0.2) is 53.4 Å². The number of sulfonamides is 1. The summed E-state index contributed by atoms with van der Waals surface area (Å²) in [6.45, 7) is 3.56. The number of hydrogen-bond acceptors (Lipinski definition) is 4. The van der Waals surface area contributed by atoms with E-state index in [1.807, 2.05) is 6.07 Å². The van der Waals surface area contributed by atoms with E-state index in [1.54, 1.807) is 56.1 Å². The first-order chi connectivity index (χ1) is 15.1. The standard InChI is InChI=1S/C24H29N3O4S/c1-24(2)19-15-18(13-14-20(19)27(3)23(24)29)32(30,31)26-21(16-9-5-4-6-10-16)22(28)25-17-11-7-8-12-17/h4-6,9-10,13-15,17,21,26H,7-8,11-12H2,1-3H3,(H,25,28). The van der Waals surface area contributed by atoms with Gasteiger partial charge in [-0.25, -0.2) is 8.42 Å². The predicted octanol–water partition coefficient (Wildman–Crippen LogP) is 3.02. The van der Waals surface area contributed by atoms with Crippen molar-refractivity contribution in [1.29, 1.82) is 0 Å². The van der Waals surface area contributed by atoms with Gasteiger partial charge in [0, 0.05) is 18.8 Å². The summed E-state index contributed by atoms with van der Waals surface area (Å²) in [5, 5.41) is 3.00. The molecule has 0 bridgehead atoms. The number of fused-ring (bicyclic) bond motifs is 1. The van der Waals surface area contributed by atoms with Crippen molar-refractivity contribution in [1.82, 2.24) is 10.0 Å². The summed E-state index contributed by atoms with van der Waals surface area (Å²) in [6, 6.07) is 12.5. The summed E-state index contributed by atoms with van der Waals surface area (Å²) in [5.74, 6) is -0.448. The van der Waals surface area contributed by atoms with Gasteiger partial charge < -0.3 is 10.2 Å². The minimum atomic E-state index is -4.03. The number of benzene rings is 2. The average molecular weight is 456 g/mol. The van der Waals surface area contributed by atoms with Gasteiger partial charge >= 0.3 is 0 Å². The van der Waals surface area contributed by atoms with Gasteiger partial charge in [0.25, 0.3) is 0 Å². The smallest absolute Gasteiger partial charge is 0.242 e. The van der Waals surface area contributed by atoms with Crippen LogP contribution in [0.4, 0.5) is 5.69 Å². The molecule has 2 aliphatic rings. The summed E-state index contributed by atoms with van der Waals surface area (Å²) in [6.07, 6.45) is 3.93. The molecule has 32 heavy (non-hydrogen) atoms. The Morgan fingerprint density at radius 3 is 2.41 bits per heavy atom. The number of nitrogens with zero attached hydrogens (tertiary/aromatic N) is 1. The molecule has 1 heterocycles. The van der Waals surface area contributed by atoms with Gasteiger partial charge in [-0.3, -0.25) is 9.59 Å². The summed E-state index contributed by atoms with van der Waals surface area (Å²) in [5.41, 5.74) is 1.09. The van der Waals surface area contributed by atoms with E-state index >= 15 is 0 Å². The lowest BCUT2D eigenvalue weighted by Gasteiger charge is -2.22. The molecule has 2 aromatic rings. The predicted molar refractivity (Wildman–Crippen MR) is 123 cm³/mol. The van der Waals surface area contributed by atoms with Gasteiger partial charge in [-0.05, 0) is 56.0 Å². The number of amides is 2. The molecular formula is C24H29N3O4S. The molecule has 2 amide bonds. The normalized spacial score (nSPS) is 19.1. The quantitative estimate of drug-likeness (QED) is 0.700. The molecule has 7 nitrogen and oxygen atoms in total. The zero-order valence-corrected chi connectivity index (χ0v) is 19.4. The third-order valence-corrected chi connectivity index (χ3v) is 7.94. The summed E-state index contributed by atoms with van der Waals surface area (Å²) in [7, 11) is -2.35. The van der Waals surface area contributed by atoms with Crippen molar-refractivity contribution in [3.8, 4) is 0 Å². The molecule has 0 spiro atoms. The number of likely N-dealkylation sites (N-methyl/N-ethyl adjacent to an activating group) is 1. The van der Waals surface area contributed by atoms with Crippen LogP contribution in [0, 0.1) is 0 Å². The van der Waals surface area contributed by atoms with Crippen LogP contribution in [-0.2, 0) is 25.0 Å². The number of rotatable bonds is 6. The Bertz CT molecular complexity index is 1140. The van der Waals surface area contributed by atoms with E-state index in [9.17, 15) is 18.0 Å². The Morgan fingerprint density at radius 2 is 1.75 bits per heavy atom. The largest absolute Gasteiger partial charge is 0.352 e. The summed E-state index contributed by atoms with van der Waals surface area (Å²) in [4.78, 5) is 27.2. The summed E-state index contributed by atoms with van der Waals surface area (Å²) >= 11 is 0. The van der Waals surface area contributed by atoms with E-state index in [0.717, 1.165) is 25.7 Å². The van der Waals surface area contributed by atoms with E-state index in [2.05, 4.69) is 10.0 Å². The van der Waals surface area contributed by atoms with Crippen LogP contribution in [0.2, 0.25) is 0 Å². The average Bonchev–Trinajstić information content (AvgIpc) is 3.34. The molecule has 2 N–H and O–H groups in total. The highest BCUT2D eigenvalue weighted by atomic mass is 32.2. The minimum Gasteiger partial charge on any atom is -0.352 e. The Balaban J connectivity index is 1.66. The Kier molecular flexibility index (Phi) is 5.85. The van der Waals surface area contributed by atoms with E-state index < -0.39 is 21.5 Å². The van der Waals surface area contributed by atoms with Crippen molar-refractivity contribution < 1.29 is 18.0 Å². The van der Waals surface area contributed by atoms with Crippen molar-refractivity contribution in [3.63, 3.8) is 0 Å². The maximum Gasteiger partial charge on any atom is 0.242 e. The number of carbonyl (C=O) groups excluding carboxylic acids is 2. The molecule has 1 atom stereocenters. The molecule has 0 aromatic heterocycles. The highest BCUT2D eigenvalue weighted by Gasteiger charge is 2.43. The van der Waals surface area contributed by atoms with E-state index in [-0.39, 0.29) is 22.8 Å².